The van der Waals surface area contributed by atoms with Gasteiger partial charge in [0.1, 0.15) is 5.69 Å². The third-order valence-corrected chi connectivity index (χ3v) is 5.92. The lowest BCUT2D eigenvalue weighted by atomic mass is 10.1. The maximum absolute atomic E-state index is 13.2. The van der Waals surface area contributed by atoms with E-state index in [1.807, 2.05) is 30.3 Å². The van der Waals surface area contributed by atoms with Crippen molar-refractivity contribution in [3.8, 4) is 11.4 Å². The lowest BCUT2D eigenvalue weighted by Crippen LogP contribution is -2.31. The summed E-state index contributed by atoms with van der Waals surface area (Å²) in [5.74, 6) is 0.238. The Balaban J connectivity index is 1.47. The highest BCUT2D eigenvalue weighted by Gasteiger charge is 2.25. The Bertz CT molecular complexity index is 1170. The summed E-state index contributed by atoms with van der Waals surface area (Å²) in [4.78, 5) is 43.0. The summed E-state index contributed by atoms with van der Waals surface area (Å²) in [5, 5.41) is 2.90. The van der Waals surface area contributed by atoms with Gasteiger partial charge in [-0.2, -0.15) is 0 Å². The molecule has 0 unspecified atom stereocenters. The highest BCUT2D eigenvalue weighted by atomic mass is 16.2. The maximum Gasteiger partial charge on any atom is 0.259 e. The molecule has 0 saturated carbocycles. The van der Waals surface area contributed by atoms with Crippen molar-refractivity contribution in [1.29, 1.82) is 0 Å². The van der Waals surface area contributed by atoms with E-state index in [0.29, 0.717) is 40.7 Å². The second-order valence-corrected chi connectivity index (χ2v) is 8.18. The average molecular weight is 428 g/mol. The molecule has 2 aliphatic heterocycles. The predicted molar refractivity (Wildman–Crippen MR) is 122 cm³/mol. The van der Waals surface area contributed by atoms with Crippen molar-refractivity contribution in [3.05, 3.63) is 65.5 Å². The molecule has 0 radical (unpaired) electrons. The number of hydrogen-bond donors (Lipinski definition) is 1. The Hall–Kier alpha value is -3.81. The zero-order valence-corrected chi connectivity index (χ0v) is 17.9. The van der Waals surface area contributed by atoms with Gasteiger partial charge in [0.25, 0.3) is 11.8 Å². The lowest BCUT2D eigenvalue weighted by Gasteiger charge is -2.27. The fourth-order valence-corrected chi connectivity index (χ4v) is 4.21. The minimum Gasteiger partial charge on any atom is -0.341 e. The summed E-state index contributed by atoms with van der Waals surface area (Å²) in [6.45, 7) is 2.40. The van der Waals surface area contributed by atoms with Gasteiger partial charge in [0.15, 0.2) is 0 Å². The SMILES string of the molecule is CN1Cc2ccc(NC(=O)c3cnc(N4CCCCC4)nc3-c3ccccn3)cc2C1=O. The number of rotatable bonds is 4. The number of carbonyl (C=O) groups excluding carboxylic acids is 2. The fraction of sp³-hybridized carbons (Fsp3) is 0.292. The van der Waals surface area contributed by atoms with E-state index in [0.717, 1.165) is 31.5 Å². The van der Waals surface area contributed by atoms with Gasteiger partial charge in [-0.3, -0.25) is 14.6 Å². The van der Waals surface area contributed by atoms with Gasteiger partial charge in [-0.05, 0) is 49.1 Å². The van der Waals surface area contributed by atoms with E-state index < -0.39 is 0 Å². The molecule has 0 aliphatic carbocycles. The lowest BCUT2D eigenvalue weighted by molar-refractivity contribution is 0.0816. The third kappa shape index (κ3) is 3.79. The van der Waals surface area contributed by atoms with E-state index >= 15 is 0 Å². The molecule has 32 heavy (non-hydrogen) atoms. The van der Waals surface area contributed by atoms with Crippen LogP contribution in [0.4, 0.5) is 11.6 Å². The third-order valence-electron chi connectivity index (χ3n) is 5.92. The summed E-state index contributed by atoms with van der Waals surface area (Å²) in [6.07, 6.45) is 6.68. The van der Waals surface area contributed by atoms with Crippen LogP contribution in [0.3, 0.4) is 0 Å². The first-order chi connectivity index (χ1) is 15.6. The molecule has 0 bridgehead atoms. The van der Waals surface area contributed by atoms with Crippen molar-refractivity contribution in [2.45, 2.75) is 25.8 Å². The fourth-order valence-electron chi connectivity index (χ4n) is 4.21. The number of carbonyl (C=O) groups is 2. The van der Waals surface area contributed by atoms with Crippen LogP contribution in [-0.2, 0) is 6.54 Å². The average Bonchev–Trinajstić information content (AvgIpc) is 3.13. The highest BCUT2D eigenvalue weighted by molar-refractivity contribution is 6.08. The van der Waals surface area contributed by atoms with Gasteiger partial charge in [-0.15, -0.1) is 0 Å². The molecule has 0 spiro atoms. The molecular weight excluding hydrogens is 404 g/mol. The summed E-state index contributed by atoms with van der Waals surface area (Å²) >= 11 is 0. The summed E-state index contributed by atoms with van der Waals surface area (Å²) < 4.78 is 0. The number of benzene rings is 1. The van der Waals surface area contributed by atoms with Crippen LogP contribution in [0.15, 0.2) is 48.8 Å². The zero-order valence-electron chi connectivity index (χ0n) is 17.9. The normalized spacial score (nSPS) is 15.6. The summed E-state index contributed by atoms with van der Waals surface area (Å²) in [6, 6.07) is 10.9. The van der Waals surface area contributed by atoms with Gasteiger partial charge >= 0.3 is 0 Å². The topological polar surface area (TPSA) is 91.3 Å². The van der Waals surface area contributed by atoms with Crippen LogP contribution >= 0.6 is 0 Å². The van der Waals surface area contributed by atoms with E-state index in [-0.39, 0.29) is 11.8 Å². The number of piperidine rings is 1. The molecule has 8 nitrogen and oxygen atoms in total. The molecule has 1 aromatic carbocycles. The number of nitrogens with one attached hydrogen (secondary N) is 1. The smallest absolute Gasteiger partial charge is 0.259 e. The Kier molecular flexibility index (Phi) is 5.26. The molecule has 4 heterocycles. The van der Waals surface area contributed by atoms with Gasteiger partial charge in [0.2, 0.25) is 5.95 Å². The van der Waals surface area contributed by atoms with Gasteiger partial charge in [-0.25, -0.2) is 9.97 Å². The Labute approximate surface area is 186 Å². The molecule has 5 rings (SSSR count). The number of amides is 2. The Morgan fingerprint density at radius 3 is 2.69 bits per heavy atom. The van der Waals surface area contributed by atoms with Crippen LogP contribution in [0.2, 0.25) is 0 Å². The highest BCUT2D eigenvalue weighted by Crippen LogP contribution is 2.27. The molecule has 162 valence electrons. The van der Waals surface area contributed by atoms with Gasteiger partial charge in [-0.1, -0.05) is 12.1 Å². The van der Waals surface area contributed by atoms with Gasteiger partial charge in [0.05, 0.1) is 11.3 Å². The molecule has 1 fully saturated rings. The number of fused-ring (bicyclic) bond motifs is 1. The van der Waals surface area contributed by atoms with Crippen LogP contribution in [0.1, 0.15) is 45.5 Å². The predicted octanol–water partition coefficient (Wildman–Crippen LogP) is 3.37. The number of anilines is 2. The largest absolute Gasteiger partial charge is 0.341 e. The molecular formula is C24H24N6O2. The van der Waals surface area contributed by atoms with Crippen molar-refractivity contribution in [2.24, 2.45) is 0 Å². The van der Waals surface area contributed by atoms with Crippen molar-refractivity contribution in [2.75, 3.05) is 30.4 Å². The van der Waals surface area contributed by atoms with E-state index in [4.69, 9.17) is 4.98 Å². The van der Waals surface area contributed by atoms with Crippen molar-refractivity contribution in [3.63, 3.8) is 0 Å². The number of aromatic nitrogens is 3. The van der Waals surface area contributed by atoms with Crippen LogP contribution < -0.4 is 10.2 Å². The molecule has 1 saturated heterocycles. The van der Waals surface area contributed by atoms with E-state index in [9.17, 15) is 9.59 Å². The molecule has 3 aromatic rings. The van der Waals surface area contributed by atoms with E-state index in [1.54, 1.807) is 30.4 Å². The van der Waals surface area contributed by atoms with Gasteiger partial charge in [0, 0.05) is 50.3 Å². The molecule has 2 aromatic heterocycles. The minimum absolute atomic E-state index is 0.0421. The number of nitrogens with zero attached hydrogens (tertiary/aromatic N) is 5. The van der Waals surface area contributed by atoms with Crippen molar-refractivity contribution >= 4 is 23.5 Å². The molecule has 1 N–H and O–H groups in total. The molecule has 8 heteroatoms. The molecule has 0 atom stereocenters. The first kappa shape index (κ1) is 20.1. The van der Waals surface area contributed by atoms with Gasteiger partial charge < -0.3 is 15.1 Å². The minimum atomic E-state index is -0.338. The summed E-state index contributed by atoms with van der Waals surface area (Å²) in [5.41, 5.74) is 3.59. The van der Waals surface area contributed by atoms with Crippen LogP contribution in [0.25, 0.3) is 11.4 Å². The zero-order chi connectivity index (χ0) is 22.1. The van der Waals surface area contributed by atoms with Crippen molar-refractivity contribution in [1.82, 2.24) is 19.9 Å². The van der Waals surface area contributed by atoms with Crippen LogP contribution in [0.5, 0.6) is 0 Å². The van der Waals surface area contributed by atoms with Crippen LogP contribution in [-0.4, -0.2) is 51.8 Å². The van der Waals surface area contributed by atoms with E-state index in [2.05, 4.69) is 20.2 Å². The first-order valence-corrected chi connectivity index (χ1v) is 10.8. The molecule has 2 amide bonds. The monoisotopic (exact) mass is 428 g/mol. The standard InChI is InChI=1S/C24H24N6O2/c1-29-15-16-8-9-17(13-18(16)23(29)32)27-22(31)19-14-26-24(30-11-5-2-6-12-30)28-21(19)20-7-3-4-10-25-20/h3-4,7-10,13-14H,2,5-6,11-12,15H2,1H3,(H,27,31). The quantitative estimate of drug-likeness (QED) is 0.685. The Morgan fingerprint density at radius 1 is 1.06 bits per heavy atom. The van der Waals surface area contributed by atoms with Crippen molar-refractivity contribution < 1.29 is 9.59 Å². The van der Waals surface area contributed by atoms with E-state index in [1.165, 1.54) is 6.42 Å². The number of pyridine rings is 1. The number of hydrogen-bond acceptors (Lipinski definition) is 6. The summed E-state index contributed by atoms with van der Waals surface area (Å²) in [7, 11) is 1.76. The maximum atomic E-state index is 13.2. The first-order valence-electron chi connectivity index (χ1n) is 10.8. The second-order valence-electron chi connectivity index (χ2n) is 8.18. The molecule has 2 aliphatic rings. The second kappa shape index (κ2) is 8.37. The Morgan fingerprint density at radius 2 is 1.91 bits per heavy atom. The van der Waals surface area contributed by atoms with Crippen LogP contribution in [0, 0.1) is 0 Å².